The molecule has 0 saturated heterocycles. The van der Waals surface area contributed by atoms with Crippen molar-refractivity contribution in [3.8, 4) is 55.6 Å². The van der Waals surface area contributed by atoms with Crippen molar-refractivity contribution in [1.29, 1.82) is 0 Å². The molecule has 658 valence electrons. The molecule has 5 aromatic carbocycles. The lowest BCUT2D eigenvalue weighted by Crippen LogP contribution is -2.14. The van der Waals surface area contributed by atoms with E-state index in [1.165, 1.54) is 24.9 Å². The van der Waals surface area contributed by atoms with E-state index in [2.05, 4.69) is 149 Å². The maximum atomic E-state index is 12.8. The number of anilines is 10. The van der Waals surface area contributed by atoms with E-state index >= 15 is 0 Å². The maximum Gasteiger partial charge on any atom is 0.277 e. The Labute approximate surface area is 756 Å². The van der Waals surface area contributed by atoms with Crippen LogP contribution in [-0.2, 0) is 19.4 Å². The largest absolute Gasteiger partial charge is 0.397 e. The summed E-state index contributed by atoms with van der Waals surface area (Å²) in [7, 11) is -4.85. The normalized spacial score (nSPS) is 11.7. The molecule has 0 bridgehead atoms. The number of fused-ring (bicyclic) bond motifs is 5. The first kappa shape index (κ1) is 87.8. The second-order valence-corrected chi connectivity index (χ2v) is 34.1. The van der Waals surface area contributed by atoms with Gasteiger partial charge in [0.1, 0.15) is 23.3 Å². The Bertz CT molecular complexity index is 7720. The second-order valence-electron chi connectivity index (χ2n) is 29.7. The molecular weight excluding hydrogens is 1730 g/mol. The second kappa shape index (κ2) is 39.5. The van der Waals surface area contributed by atoms with Gasteiger partial charge in [-0.2, -0.15) is 25.5 Å². The Morgan fingerprint density at radius 2 is 0.579 bits per heavy atom. The third-order valence-electron chi connectivity index (χ3n) is 19.6. The van der Waals surface area contributed by atoms with E-state index in [4.69, 9.17) is 17.2 Å². The first-order valence-corrected chi connectivity index (χ1v) is 44.4. The number of hydrogen-bond acceptors (Lipinski definition) is 25. The maximum absolute atomic E-state index is 12.8. The highest BCUT2D eigenvalue weighted by Gasteiger charge is 2.23. The van der Waals surface area contributed by atoms with Crippen LogP contribution >= 0.6 is 0 Å². The molecular formula is C94H78N30O7S2. The van der Waals surface area contributed by atoms with Crippen molar-refractivity contribution in [1.82, 2.24) is 101 Å². The monoisotopic (exact) mass is 1800 g/mol. The summed E-state index contributed by atoms with van der Waals surface area (Å²) < 4.78 is 28.8. The van der Waals surface area contributed by atoms with E-state index < -0.39 is 19.4 Å². The molecule has 0 saturated carbocycles. The minimum absolute atomic E-state index is 0.250. The molecule has 2 unspecified atom stereocenters. The number of aromatic nitrogens is 20. The molecule has 20 rings (SSSR count). The lowest BCUT2D eigenvalue weighted by atomic mass is 10.0. The van der Waals surface area contributed by atoms with Gasteiger partial charge in [-0.25, -0.2) is 28.4 Å². The molecule has 15 aromatic heterocycles. The van der Waals surface area contributed by atoms with Crippen molar-refractivity contribution in [3.63, 3.8) is 0 Å². The number of nitrogen functional groups attached to an aromatic ring is 3. The van der Waals surface area contributed by atoms with Gasteiger partial charge >= 0.3 is 0 Å². The van der Waals surface area contributed by atoms with E-state index in [0.29, 0.717) is 90.6 Å². The Kier molecular flexibility index (Phi) is 26.1. The van der Waals surface area contributed by atoms with Crippen molar-refractivity contribution in [2.45, 2.75) is 0 Å². The van der Waals surface area contributed by atoms with Crippen molar-refractivity contribution < 1.29 is 32.4 Å². The number of H-pyrrole nitrogens is 5. The number of hydrogen-bond donors (Lipinski definition) is 15. The molecule has 18 N–H and O–H groups in total. The number of amides is 5. The van der Waals surface area contributed by atoms with Crippen LogP contribution in [0.15, 0.2) is 305 Å². The van der Waals surface area contributed by atoms with E-state index in [9.17, 15) is 32.4 Å². The number of nitrogens with one attached hydrogen (secondary N) is 12. The minimum Gasteiger partial charge on any atom is -0.397 e. The third-order valence-corrected chi connectivity index (χ3v) is 20.9. The molecule has 15 heterocycles. The Hall–Kier alpha value is -18.7. The summed E-state index contributed by atoms with van der Waals surface area (Å²) in [5.74, 6) is 7.15. The van der Waals surface area contributed by atoms with Gasteiger partial charge in [0, 0.05) is 179 Å². The summed E-state index contributed by atoms with van der Waals surface area (Å²) in [6.45, 7) is 0. The van der Waals surface area contributed by atoms with Gasteiger partial charge < -0.3 is 43.8 Å². The fourth-order valence-electron chi connectivity index (χ4n) is 13.5. The van der Waals surface area contributed by atoms with Crippen molar-refractivity contribution >= 4 is 173 Å². The molecule has 20 aromatic rings. The Balaban J connectivity index is 0.000000121. The van der Waals surface area contributed by atoms with E-state index in [1.807, 2.05) is 140 Å². The summed E-state index contributed by atoms with van der Waals surface area (Å²) in [4.78, 5) is 104. The van der Waals surface area contributed by atoms with E-state index in [1.54, 1.807) is 153 Å². The quantitative estimate of drug-likeness (QED) is 0.0334. The van der Waals surface area contributed by atoms with Crippen LogP contribution in [0.1, 0.15) is 52.4 Å². The molecule has 0 spiro atoms. The smallest absolute Gasteiger partial charge is 0.277 e. The number of aromatic amines is 5. The van der Waals surface area contributed by atoms with Crippen LogP contribution in [-0.4, -0.2) is 163 Å². The molecule has 0 aliphatic rings. The Morgan fingerprint density at radius 1 is 0.271 bits per heavy atom. The molecule has 0 radical (unpaired) electrons. The molecule has 0 aliphatic carbocycles. The molecule has 0 aliphatic heterocycles. The highest BCUT2D eigenvalue weighted by atomic mass is 32.2. The van der Waals surface area contributed by atoms with Gasteiger partial charge in [0.25, 0.3) is 29.5 Å². The highest BCUT2D eigenvalue weighted by molar-refractivity contribution is 8.01. The zero-order chi connectivity index (χ0) is 92.5. The first-order chi connectivity index (χ1) is 64.4. The van der Waals surface area contributed by atoms with Gasteiger partial charge in [-0.05, 0) is 191 Å². The summed E-state index contributed by atoms with van der Waals surface area (Å²) in [6, 6.07) is 62.3. The predicted molar refractivity (Wildman–Crippen MR) is 520 cm³/mol. The molecule has 0 fully saturated rings. The molecule has 39 heteroatoms. The standard InChI is InChI=1S/C20H19N7O2S.C20H18N6O2S.2C18H14N6O.C18H13N5O/c1-30(2,29)27-18-6-4-15(11-23-18)24-20(28)19-16-8-12(3-5-17(16)25-26-19)13-7-14(21)10-22-9-13;1-29(2,28)26-18-8-6-15(12-22-18)23-20(27)19-16-10-13(5-7-17(16)24-25-19)14-4-3-9-21-11-14;19-13-7-12(9-21-10-13)11-1-2-16-15(8-11)17(24-23-16)18(25)22-14-3-5-20-6-4-14;19-13-7-12(9-20-10-13)11-4-5-15-14(8-11)17(24-23-15)18(25)22-16-3-1-2-6-21-16;24-18(21-16-5-1-2-9-20-16)17-14-10-12(6-7-15(14)22-23-17)13-4-3-8-19-11-13/h3-11H,1,21H2,2H3,(H,24,28)(H,25,26)(H,23,27,29);3-12H,1H2,2H3,(H,23,27)(H,24,25)(H,22,26,28);1-10H,19H2,(H,23,24)(H,20,22,25);1-10H,19H2,(H,23,24)(H,21,22,25);1-11H,(H,22,23)(H,20,21,24). The summed E-state index contributed by atoms with van der Waals surface area (Å²) in [5.41, 5.74) is 35.2. The first-order valence-electron chi connectivity index (χ1n) is 40.1. The lowest BCUT2D eigenvalue weighted by molar-refractivity contribution is 0.101. The van der Waals surface area contributed by atoms with Crippen LogP contribution in [0.4, 0.5) is 57.4 Å². The number of carbonyl (C=O) groups excluding carboxylic acids is 5. The minimum atomic E-state index is -2.43. The van der Waals surface area contributed by atoms with Crippen molar-refractivity contribution in [2.75, 3.05) is 65.7 Å². The zero-order valence-electron chi connectivity index (χ0n) is 70.4. The van der Waals surface area contributed by atoms with Crippen LogP contribution in [0.5, 0.6) is 0 Å². The fourth-order valence-corrected chi connectivity index (χ4v) is 14.6. The van der Waals surface area contributed by atoms with Crippen LogP contribution in [0.25, 0.3) is 110 Å². The zero-order valence-corrected chi connectivity index (χ0v) is 72.0. The average molecular weight is 1800 g/mol. The average Bonchev–Trinajstić information content (AvgIpc) is 1.63. The number of carbonyl (C=O) groups is 5. The van der Waals surface area contributed by atoms with Gasteiger partial charge in [0.05, 0.1) is 68.4 Å². The molecule has 133 heavy (non-hydrogen) atoms. The number of nitrogens with two attached hydrogens (primary N) is 3. The van der Waals surface area contributed by atoms with Gasteiger partial charge in [-0.15, -0.1) is 0 Å². The highest BCUT2D eigenvalue weighted by Crippen LogP contribution is 2.33. The van der Waals surface area contributed by atoms with Crippen LogP contribution in [0, 0.1) is 0 Å². The number of pyridine rings is 10. The van der Waals surface area contributed by atoms with Gasteiger partial charge in [-0.3, -0.25) is 88.8 Å². The van der Waals surface area contributed by atoms with E-state index in [-0.39, 0.29) is 40.9 Å². The summed E-state index contributed by atoms with van der Waals surface area (Å²) in [6.07, 6.45) is 29.3. The van der Waals surface area contributed by atoms with Crippen LogP contribution in [0.2, 0.25) is 0 Å². The van der Waals surface area contributed by atoms with Crippen molar-refractivity contribution in [2.24, 2.45) is 0 Å². The molecule has 2 atom stereocenters. The third kappa shape index (κ3) is 22.2. The number of nitrogens with zero attached hydrogens (tertiary/aromatic N) is 15. The van der Waals surface area contributed by atoms with Gasteiger partial charge in [0.2, 0.25) is 0 Å². The summed E-state index contributed by atoms with van der Waals surface area (Å²) in [5, 5.41) is 52.5. The van der Waals surface area contributed by atoms with Gasteiger partial charge in [0.15, 0.2) is 28.5 Å². The fraction of sp³-hybridized carbons (Fsp3) is 0.0213. The number of rotatable bonds is 19. The predicted octanol–water partition coefficient (Wildman–Crippen LogP) is 14.5. The van der Waals surface area contributed by atoms with Crippen molar-refractivity contribution in [3.05, 3.63) is 334 Å². The number of benzene rings is 5. The van der Waals surface area contributed by atoms with Crippen LogP contribution < -0.4 is 53.2 Å². The topological polar surface area (TPSA) is 554 Å². The van der Waals surface area contributed by atoms with E-state index in [0.717, 1.165) is 94.0 Å². The Morgan fingerprint density at radius 3 is 0.857 bits per heavy atom. The lowest BCUT2D eigenvalue weighted by Gasteiger charge is -2.08. The summed E-state index contributed by atoms with van der Waals surface area (Å²) >= 11 is 0. The van der Waals surface area contributed by atoms with Gasteiger partial charge in [-0.1, -0.05) is 54.6 Å². The molecule has 37 nitrogen and oxygen atoms in total. The SMILES string of the molecule is C=S(C)(=O)Nc1ccc(NC(=O)c2n[nH]c3ccc(-c4cccnc4)cc23)cn1.C=S(C)(=O)Nc1ccc(NC(=O)c2n[nH]c3ccc(-c4cncc(N)c4)cc23)cn1.Nc1cncc(-c2ccc3[nH]nc(C(=O)Nc4ccccn4)c3c2)c1.Nc1cncc(-c2ccc3[nH]nc(C(=O)Nc4ccncc4)c3c2)c1.O=C(Nc1ccccn1)c1n[nH]c2ccc(-c3cccnc3)cc12. The van der Waals surface area contributed by atoms with Crippen LogP contribution in [0.3, 0.4) is 0 Å². The molecule has 5 amide bonds.